The van der Waals surface area contributed by atoms with E-state index in [9.17, 15) is 4.39 Å². The molecule has 0 aliphatic heterocycles. The summed E-state index contributed by atoms with van der Waals surface area (Å²) in [7, 11) is 0. The van der Waals surface area contributed by atoms with Gasteiger partial charge < -0.3 is 5.32 Å². The van der Waals surface area contributed by atoms with Crippen LogP contribution in [0.1, 0.15) is 31.2 Å². The van der Waals surface area contributed by atoms with Crippen molar-refractivity contribution in [2.24, 2.45) is 0 Å². The molecule has 1 atom stereocenters. The van der Waals surface area contributed by atoms with Crippen LogP contribution in [0.25, 0.3) is 10.6 Å². The van der Waals surface area contributed by atoms with Crippen molar-refractivity contribution >= 4 is 22.9 Å². The van der Waals surface area contributed by atoms with Gasteiger partial charge in [0.15, 0.2) is 5.82 Å². The van der Waals surface area contributed by atoms with E-state index in [0.29, 0.717) is 10.6 Å². The average Bonchev–Trinajstić information content (AvgIpc) is 2.88. The van der Waals surface area contributed by atoms with Crippen molar-refractivity contribution in [3.05, 3.63) is 40.1 Å². The number of halogens is 2. The fraction of sp³-hybridized carbons (Fsp3) is 0.357. The molecule has 0 amide bonds. The topological polar surface area (TPSA) is 24.9 Å². The van der Waals surface area contributed by atoms with Gasteiger partial charge in [0.25, 0.3) is 0 Å². The molecule has 0 aliphatic carbocycles. The van der Waals surface area contributed by atoms with Gasteiger partial charge in [0, 0.05) is 22.7 Å². The number of hydrogen-bond donors (Lipinski definition) is 1. The lowest BCUT2D eigenvalue weighted by Crippen LogP contribution is -2.18. The molecule has 0 bridgehead atoms. The quantitative estimate of drug-likeness (QED) is 0.868. The summed E-state index contributed by atoms with van der Waals surface area (Å²) in [5.74, 6) is -0.403. The standard InChI is InChI=1S/C14H16ClFN2S/c1-3-7-17-9(2)12-8-18-14(19-12)10-5-4-6-11(15)13(10)16/h4-6,8-9,17H,3,7H2,1-2H3. The second-order valence-corrected chi connectivity index (χ2v) is 5.81. The van der Waals surface area contributed by atoms with E-state index in [0.717, 1.165) is 17.8 Å². The molecular weight excluding hydrogens is 283 g/mol. The minimum Gasteiger partial charge on any atom is -0.309 e. The number of nitrogens with zero attached hydrogens (tertiary/aromatic N) is 1. The normalized spacial score (nSPS) is 12.6. The Morgan fingerprint density at radius 2 is 2.26 bits per heavy atom. The Morgan fingerprint density at radius 1 is 1.47 bits per heavy atom. The van der Waals surface area contributed by atoms with Gasteiger partial charge in [0.05, 0.1) is 5.02 Å². The predicted molar refractivity (Wildman–Crippen MR) is 79.2 cm³/mol. The lowest BCUT2D eigenvalue weighted by molar-refractivity contribution is 0.577. The number of aromatic nitrogens is 1. The van der Waals surface area contributed by atoms with Crippen molar-refractivity contribution in [1.29, 1.82) is 0 Å². The molecule has 0 aliphatic rings. The highest BCUT2D eigenvalue weighted by molar-refractivity contribution is 7.15. The Hall–Kier alpha value is -0.970. The second kappa shape index (κ2) is 6.46. The summed E-state index contributed by atoms with van der Waals surface area (Å²) in [4.78, 5) is 5.40. The van der Waals surface area contributed by atoms with Gasteiger partial charge in [0.1, 0.15) is 5.01 Å². The summed E-state index contributed by atoms with van der Waals surface area (Å²) < 4.78 is 13.9. The number of hydrogen-bond acceptors (Lipinski definition) is 3. The molecule has 5 heteroatoms. The molecule has 1 N–H and O–H groups in total. The lowest BCUT2D eigenvalue weighted by Gasteiger charge is -2.09. The highest BCUT2D eigenvalue weighted by Crippen LogP contribution is 2.32. The van der Waals surface area contributed by atoms with Crippen LogP contribution in [0.5, 0.6) is 0 Å². The van der Waals surface area contributed by atoms with Crippen molar-refractivity contribution in [2.45, 2.75) is 26.3 Å². The van der Waals surface area contributed by atoms with Crippen LogP contribution in [0.2, 0.25) is 5.02 Å². The van der Waals surface area contributed by atoms with Crippen LogP contribution < -0.4 is 5.32 Å². The number of nitrogens with one attached hydrogen (secondary N) is 1. The van der Waals surface area contributed by atoms with E-state index < -0.39 is 5.82 Å². The molecule has 102 valence electrons. The second-order valence-electron chi connectivity index (χ2n) is 4.34. The summed E-state index contributed by atoms with van der Waals surface area (Å²) in [5.41, 5.74) is 0.464. The molecule has 1 aromatic heterocycles. The summed E-state index contributed by atoms with van der Waals surface area (Å²) >= 11 is 7.29. The van der Waals surface area contributed by atoms with Crippen LogP contribution in [0.3, 0.4) is 0 Å². The minimum absolute atomic E-state index is 0.131. The zero-order valence-electron chi connectivity index (χ0n) is 10.9. The third-order valence-electron chi connectivity index (χ3n) is 2.83. The Morgan fingerprint density at radius 3 is 3.00 bits per heavy atom. The van der Waals surface area contributed by atoms with Crippen LogP contribution in [0, 0.1) is 5.82 Å². The molecule has 1 unspecified atom stereocenters. The largest absolute Gasteiger partial charge is 0.309 e. The van der Waals surface area contributed by atoms with Crippen molar-refractivity contribution in [1.82, 2.24) is 10.3 Å². The molecule has 0 saturated heterocycles. The average molecular weight is 299 g/mol. The van der Waals surface area contributed by atoms with Crippen LogP contribution in [-0.4, -0.2) is 11.5 Å². The van der Waals surface area contributed by atoms with E-state index in [4.69, 9.17) is 11.6 Å². The molecule has 1 heterocycles. The van der Waals surface area contributed by atoms with E-state index in [1.807, 2.05) is 0 Å². The van der Waals surface area contributed by atoms with Gasteiger partial charge in [0.2, 0.25) is 0 Å². The van der Waals surface area contributed by atoms with E-state index in [-0.39, 0.29) is 11.1 Å². The van der Waals surface area contributed by atoms with Gasteiger partial charge in [-0.25, -0.2) is 9.37 Å². The van der Waals surface area contributed by atoms with Gasteiger partial charge in [-0.05, 0) is 32.0 Å². The summed E-state index contributed by atoms with van der Waals surface area (Å²) in [6, 6.07) is 5.21. The summed E-state index contributed by atoms with van der Waals surface area (Å²) in [6.07, 6.45) is 2.88. The first kappa shape index (κ1) is 14.4. The van der Waals surface area contributed by atoms with Crippen LogP contribution >= 0.6 is 22.9 Å². The zero-order valence-corrected chi connectivity index (χ0v) is 12.5. The Balaban J connectivity index is 2.23. The lowest BCUT2D eigenvalue weighted by atomic mass is 10.2. The molecular formula is C14H16ClFN2S. The predicted octanol–water partition coefficient (Wildman–Crippen LogP) is 4.66. The van der Waals surface area contributed by atoms with E-state index in [2.05, 4.69) is 24.1 Å². The van der Waals surface area contributed by atoms with Crippen LogP contribution in [0.15, 0.2) is 24.4 Å². The molecule has 1 aromatic carbocycles. The molecule has 19 heavy (non-hydrogen) atoms. The van der Waals surface area contributed by atoms with Gasteiger partial charge in [-0.15, -0.1) is 11.3 Å². The fourth-order valence-corrected chi connectivity index (χ4v) is 2.88. The number of rotatable bonds is 5. The third kappa shape index (κ3) is 3.32. The van der Waals surface area contributed by atoms with Crippen molar-refractivity contribution in [3.63, 3.8) is 0 Å². The molecule has 0 radical (unpaired) electrons. The van der Waals surface area contributed by atoms with E-state index >= 15 is 0 Å². The monoisotopic (exact) mass is 298 g/mol. The van der Waals surface area contributed by atoms with E-state index in [1.165, 1.54) is 11.3 Å². The summed E-state index contributed by atoms with van der Waals surface area (Å²) in [5, 5.41) is 4.19. The highest BCUT2D eigenvalue weighted by Gasteiger charge is 2.14. The minimum atomic E-state index is -0.403. The molecule has 2 rings (SSSR count). The maximum Gasteiger partial charge on any atom is 0.152 e. The molecule has 0 fully saturated rings. The van der Waals surface area contributed by atoms with Gasteiger partial charge in [-0.1, -0.05) is 24.6 Å². The fourth-order valence-electron chi connectivity index (χ4n) is 1.74. The first-order valence-corrected chi connectivity index (χ1v) is 7.46. The SMILES string of the molecule is CCCNC(C)c1cnc(-c2cccc(Cl)c2F)s1. The molecule has 2 aromatic rings. The Kier molecular flexibility index (Phi) is 4.91. The van der Waals surface area contributed by atoms with Gasteiger partial charge >= 0.3 is 0 Å². The number of thiazole rings is 1. The Labute approximate surface area is 121 Å². The first-order chi connectivity index (χ1) is 9.13. The third-order valence-corrected chi connectivity index (χ3v) is 4.34. The van der Waals surface area contributed by atoms with Gasteiger partial charge in [-0.3, -0.25) is 0 Å². The highest BCUT2D eigenvalue weighted by atomic mass is 35.5. The molecule has 0 spiro atoms. The Bertz CT molecular complexity index is 556. The number of benzene rings is 1. The first-order valence-electron chi connectivity index (χ1n) is 6.27. The zero-order chi connectivity index (χ0) is 13.8. The van der Waals surface area contributed by atoms with Crippen LogP contribution in [-0.2, 0) is 0 Å². The van der Waals surface area contributed by atoms with Crippen LogP contribution in [0.4, 0.5) is 4.39 Å². The summed E-state index contributed by atoms with van der Waals surface area (Å²) in [6.45, 7) is 5.17. The van der Waals surface area contributed by atoms with Crippen molar-refractivity contribution < 1.29 is 4.39 Å². The van der Waals surface area contributed by atoms with E-state index in [1.54, 1.807) is 24.4 Å². The van der Waals surface area contributed by atoms with Gasteiger partial charge in [-0.2, -0.15) is 0 Å². The van der Waals surface area contributed by atoms with Crippen molar-refractivity contribution in [2.75, 3.05) is 6.54 Å². The molecule has 0 saturated carbocycles. The van der Waals surface area contributed by atoms with Crippen molar-refractivity contribution in [3.8, 4) is 10.6 Å². The smallest absolute Gasteiger partial charge is 0.152 e. The molecule has 2 nitrogen and oxygen atoms in total. The maximum absolute atomic E-state index is 13.9. The maximum atomic E-state index is 13.9.